The minimum Gasteiger partial charge on any atom is -0.370 e. The maximum absolute atomic E-state index is 13.3. The molecule has 2 aromatic rings. The predicted octanol–water partition coefficient (Wildman–Crippen LogP) is 4.41. The standard InChI is InChI=1S/C14H16ClFN2/c1-3-5-9-6-10-7-11(16)8-12(15)13(10)18-14(9)17-4-2/h6-8H,3-5H2,1-2H3,(H,17,18). The molecule has 0 aliphatic heterocycles. The maximum atomic E-state index is 13.3. The maximum Gasteiger partial charge on any atom is 0.129 e. The summed E-state index contributed by atoms with van der Waals surface area (Å²) >= 11 is 6.03. The number of hydrogen-bond donors (Lipinski definition) is 1. The minimum atomic E-state index is -0.326. The van der Waals surface area contributed by atoms with Gasteiger partial charge in [0, 0.05) is 11.9 Å². The molecule has 1 aromatic heterocycles. The molecule has 1 aromatic carbocycles. The van der Waals surface area contributed by atoms with Gasteiger partial charge in [0.05, 0.1) is 10.5 Å². The Bertz CT molecular complexity index is 569. The predicted molar refractivity (Wildman–Crippen MR) is 74.9 cm³/mol. The van der Waals surface area contributed by atoms with Crippen molar-refractivity contribution >= 4 is 28.3 Å². The molecular formula is C14H16ClFN2. The van der Waals surface area contributed by atoms with Gasteiger partial charge in [0.1, 0.15) is 11.6 Å². The molecule has 1 heterocycles. The number of fused-ring (bicyclic) bond motifs is 1. The summed E-state index contributed by atoms with van der Waals surface area (Å²) in [6.07, 6.45) is 1.94. The van der Waals surface area contributed by atoms with Crippen LogP contribution in [0.4, 0.5) is 10.2 Å². The van der Waals surface area contributed by atoms with Crippen molar-refractivity contribution in [2.24, 2.45) is 0 Å². The van der Waals surface area contributed by atoms with Crippen LogP contribution in [-0.4, -0.2) is 11.5 Å². The van der Waals surface area contributed by atoms with E-state index in [2.05, 4.69) is 17.2 Å². The summed E-state index contributed by atoms with van der Waals surface area (Å²) in [6.45, 7) is 4.93. The van der Waals surface area contributed by atoms with Gasteiger partial charge in [-0.15, -0.1) is 0 Å². The molecular weight excluding hydrogens is 251 g/mol. The van der Waals surface area contributed by atoms with Gasteiger partial charge < -0.3 is 5.32 Å². The lowest BCUT2D eigenvalue weighted by Gasteiger charge is -2.11. The number of aromatic nitrogens is 1. The summed E-state index contributed by atoms with van der Waals surface area (Å²) < 4.78 is 13.3. The fourth-order valence-corrected chi connectivity index (χ4v) is 2.29. The van der Waals surface area contributed by atoms with E-state index in [4.69, 9.17) is 11.6 Å². The zero-order chi connectivity index (χ0) is 13.1. The van der Waals surface area contributed by atoms with Gasteiger partial charge in [-0.3, -0.25) is 0 Å². The molecule has 0 bridgehead atoms. The highest BCUT2D eigenvalue weighted by molar-refractivity contribution is 6.35. The zero-order valence-corrected chi connectivity index (χ0v) is 11.3. The van der Waals surface area contributed by atoms with E-state index < -0.39 is 0 Å². The topological polar surface area (TPSA) is 24.9 Å². The van der Waals surface area contributed by atoms with Gasteiger partial charge in [-0.25, -0.2) is 9.37 Å². The molecule has 1 N–H and O–H groups in total. The Balaban J connectivity index is 2.63. The van der Waals surface area contributed by atoms with Crippen molar-refractivity contribution in [1.29, 1.82) is 0 Å². The fraction of sp³-hybridized carbons (Fsp3) is 0.357. The molecule has 0 amide bonds. The van der Waals surface area contributed by atoms with Crippen molar-refractivity contribution in [3.8, 4) is 0 Å². The third kappa shape index (κ3) is 2.56. The summed E-state index contributed by atoms with van der Waals surface area (Å²) in [4.78, 5) is 4.51. The number of halogens is 2. The molecule has 0 fully saturated rings. The third-order valence-electron chi connectivity index (χ3n) is 2.78. The minimum absolute atomic E-state index is 0.326. The summed E-state index contributed by atoms with van der Waals surface area (Å²) in [5.41, 5.74) is 1.75. The normalized spacial score (nSPS) is 10.9. The number of pyridine rings is 1. The van der Waals surface area contributed by atoms with Crippen LogP contribution in [0.1, 0.15) is 25.8 Å². The van der Waals surface area contributed by atoms with E-state index >= 15 is 0 Å². The van der Waals surface area contributed by atoms with E-state index in [9.17, 15) is 4.39 Å². The first kappa shape index (κ1) is 13.1. The van der Waals surface area contributed by atoms with Crippen LogP contribution in [0.15, 0.2) is 18.2 Å². The smallest absolute Gasteiger partial charge is 0.129 e. The van der Waals surface area contributed by atoms with E-state index in [1.54, 1.807) is 0 Å². The van der Waals surface area contributed by atoms with Crippen LogP contribution < -0.4 is 5.32 Å². The lowest BCUT2D eigenvalue weighted by atomic mass is 10.1. The Morgan fingerprint density at radius 3 is 2.72 bits per heavy atom. The van der Waals surface area contributed by atoms with Crippen LogP contribution in [0.3, 0.4) is 0 Å². The highest BCUT2D eigenvalue weighted by atomic mass is 35.5. The number of hydrogen-bond acceptors (Lipinski definition) is 2. The van der Waals surface area contributed by atoms with Gasteiger partial charge in [0.25, 0.3) is 0 Å². The Hall–Kier alpha value is -1.35. The number of anilines is 1. The second kappa shape index (κ2) is 5.53. The van der Waals surface area contributed by atoms with Crippen molar-refractivity contribution in [3.63, 3.8) is 0 Å². The summed E-state index contributed by atoms with van der Waals surface area (Å²) in [6, 6.07) is 4.74. The Morgan fingerprint density at radius 2 is 2.06 bits per heavy atom. The number of rotatable bonds is 4. The molecule has 0 unspecified atom stereocenters. The quantitative estimate of drug-likeness (QED) is 0.887. The van der Waals surface area contributed by atoms with E-state index in [-0.39, 0.29) is 5.82 Å². The van der Waals surface area contributed by atoms with Crippen molar-refractivity contribution < 1.29 is 4.39 Å². The van der Waals surface area contributed by atoms with Gasteiger partial charge in [-0.05, 0) is 37.1 Å². The molecule has 4 heteroatoms. The highest BCUT2D eigenvalue weighted by Crippen LogP contribution is 2.28. The fourth-order valence-electron chi connectivity index (χ4n) is 2.03. The highest BCUT2D eigenvalue weighted by Gasteiger charge is 2.09. The Kier molecular flexibility index (Phi) is 4.02. The monoisotopic (exact) mass is 266 g/mol. The SMILES string of the molecule is CCCc1cc2cc(F)cc(Cl)c2nc1NCC. The molecule has 0 atom stereocenters. The van der Waals surface area contributed by atoms with Crippen LogP contribution in [0.5, 0.6) is 0 Å². The molecule has 2 nitrogen and oxygen atoms in total. The molecule has 96 valence electrons. The number of benzene rings is 1. The molecule has 0 radical (unpaired) electrons. The van der Waals surface area contributed by atoms with Gasteiger partial charge in [-0.1, -0.05) is 24.9 Å². The van der Waals surface area contributed by atoms with Crippen molar-refractivity contribution in [2.75, 3.05) is 11.9 Å². The third-order valence-corrected chi connectivity index (χ3v) is 3.07. The first-order valence-corrected chi connectivity index (χ1v) is 6.56. The first-order chi connectivity index (χ1) is 8.65. The van der Waals surface area contributed by atoms with Crippen molar-refractivity contribution in [1.82, 2.24) is 4.98 Å². The van der Waals surface area contributed by atoms with Crippen LogP contribution in [0.2, 0.25) is 5.02 Å². The lowest BCUT2D eigenvalue weighted by molar-refractivity contribution is 0.629. The molecule has 18 heavy (non-hydrogen) atoms. The second-order valence-corrected chi connectivity index (χ2v) is 4.64. The molecule has 0 saturated heterocycles. The van der Waals surface area contributed by atoms with Crippen LogP contribution in [0, 0.1) is 5.82 Å². The Labute approximate surface area is 111 Å². The number of aryl methyl sites for hydroxylation is 1. The van der Waals surface area contributed by atoms with Crippen molar-refractivity contribution in [3.05, 3.63) is 34.6 Å². The van der Waals surface area contributed by atoms with Gasteiger partial charge in [0.2, 0.25) is 0 Å². The number of nitrogens with one attached hydrogen (secondary N) is 1. The largest absolute Gasteiger partial charge is 0.370 e. The average molecular weight is 267 g/mol. The molecule has 0 spiro atoms. The van der Waals surface area contributed by atoms with Gasteiger partial charge in [0.15, 0.2) is 0 Å². The van der Waals surface area contributed by atoms with Gasteiger partial charge in [-0.2, -0.15) is 0 Å². The summed E-state index contributed by atoms with van der Waals surface area (Å²) in [7, 11) is 0. The average Bonchev–Trinajstić information content (AvgIpc) is 2.31. The van der Waals surface area contributed by atoms with Crippen LogP contribution in [-0.2, 0) is 6.42 Å². The molecule has 2 rings (SSSR count). The van der Waals surface area contributed by atoms with E-state index in [0.29, 0.717) is 10.5 Å². The second-order valence-electron chi connectivity index (χ2n) is 4.24. The van der Waals surface area contributed by atoms with E-state index in [1.165, 1.54) is 12.1 Å². The zero-order valence-electron chi connectivity index (χ0n) is 10.6. The van der Waals surface area contributed by atoms with Crippen molar-refractivity contribution in [2.45, 2.75) is 26.7 Å². The lowest BCUT2D eigenvalue weighted by Crippen LogP contribution is -2.04. The van der Waals surface area contributed by atoms with Crippen LogP contribution >= 0.6 is 11.6 Å². The molecule has 0 aliphatic rings. The van der Waals surface area contributed by atoms with Gasteiger partial charge >= 0.3 is 0 Å². The first-order valence-electron chi connectivity index (χ1n) is 6.18. The van der Waals surface area contributed by atoms with E-state index in [1.807, 2.05) is 13.0 Å². The summed E-state index contributed by atoms with van der Waals surface area (Å²) in [5, 5.41) is 4.34. The Morgan fingerprint density at radius 1 is 1.28 bits per heavy atom. The summed E-state index contributed by atoms with van der Waals surface area (Å²) in [5.74, 6) is 0.522. The van der Waals surface area contributed by atoms with Crippen LogP contribution in [0.25, 0.3) is 10.9 Å². The van der Waals surface area contributed by atoms with E-state index in [0.717, 1.165) is 36.2 Å². The molecule has 0 aliphatic carbocycles. The molecule has 0 saturated carbocycles. The number of nitrogens with zero attached hydrogens (tertiary/aromatic N) is 1.